The second-order valence-corrected chi connectivity index (χ2v) is 7.89. The third kappa shape index (κ3) is 5.44. The Morgan fingerprint density at radius 1 is 1.61 bits per heavy atom. The number of morpholine rings is 1. The van der Waals surface area contributed by atoms with Crippen molar-refractivity contribution >= 4 is 17.4 Å². The minimum Gasteiger partial charge on any atom is -0.444 e. The van der Waals surface area contributed by atoms with E-state index in [4.69, 9.17) is 9.47 Å². The number of aryl methyl sites for hydroxylation is 1. The van der Waals surface area contributed by atoms with Crippen molar-refractivity contribution in [1.29, 1.82) is 0 Å². The molecule has 0 aliphatic carbocycles. The van der Waals surface area contributed by atoms with Gasteiger partial charge in [0, 0.05) is 24.5 Å². The lowest BCUT2D eigenvalue weighted by atomic mass is 10.2. The van der Waals surface area contributed by atoms with Gasteiger partial charge < -0.3 is 14.8 Å². The number of carbonyl (C=O) groups is 1. The van der Waals surface area contributed by atoms with E-state index in [1.165, 1.54) is 0 Å². The van der Waals surface area contributed by atoms with Crippen LogP contribution in [0.25, 0.3) is 0 Å². The number of carbonyl (C=O) groups excluding carboxylic acids is 1. The fourth-order valence-corrected chi connectivity index (χ4v) is 3.09. The summed E-state index contributed by atoms with van der Waals surface area (Å²) in [5, 5.41) is 6.57. The number of nitrogens with zero attached hydrogens (tertiary/aromatic N) is 2. The normalized spacial score (nSPS) is 20.4. The molecule has 1 N–H and O–H groups in total. The average molecular weight is 341 g/mol. The molecule has 1 amide bonds. The van der Waals surface area contributed by atoms with E-state index in [1.807, 2.05) is 27.7 Å². The first-order valence-electron chi connectivity index (χ1n) is 7.99. The molecule has 7 heteroatoms. The van der Waals surface area contributed by atoms with Crippen LogP contribution in [0.2, 0.25) is 0 Å². The number of hydrogen-bond donors (Lipinski definition) is 1. The Morgan fingerprint density at radius 3 is 2.96 bits per heavy atom. The van der Waals surface area contributed by atoms with E-state index in [0.29, 0.717) is 26.3 Å². The summed E-state index contributed by atoms with van der Waals surface area (Å²) in [5.41, 5.74) is 0.548. The second-order valence-electron chi connectivity index (χ2n) is 6.82. The summed E-state index contributed by atoms with van der Waals surface area (Å²) < 4.78 is 11.0. The van der Waals surface area contributed by atoms with Gasteiger partial charge in [0.15, 0.2) is 0 Å². The number of ether oxygens (including phenoxy) is 2. The van der Waals surface area contributed by atoms with E-state index in [2.05, 4.69) is 22.6 Å². The van der Waals surface area contributed by atoms with Crippen LogP contribution in [0.4, 0.5) is 4.79 Å². The zero-order valence-corrected chi connectivity index (χ0v) is 15.4. The maximum Gasteiger partial charge on any atom is 0.410 e. The van der Waals surface area contributed by atoms with E-state index in [-0.39, 0.29) is 18.2 Å². The van der Waals surface area contributed by atoms with Crippen molar-refractivity contribution in [2.45, 2.75) is 52.3 Å². The van der Waals surface area contributed by atoms with Gasteiger partial charge in [0.2, 0.25) is 0 Å². The van der Waals surface area contributed by atoms with Gasteiger partial charge >= 0.3 is 6.09 Å². The lowest BCUT2D eigenvalue weighted by molar-refractivity contribution is -0.0321. The van der Waals surface area contributed by atoms with Crippen LogP contribution in [0.5, 0.6) is 0 Å². The second kappa shape index (κ2) is 7.59. The van der Waals surface area contributed by atoms with Crippen molar-refractivity contribution in [2.75, 3.05) is 26.3 Å². The zero-order chi connectivity index (χ0) is 17.0. The molecule has 2 heterocycles. The highest BCUT2D eigenvalue weighted by atomic mass is 32.1. The quantitative estimate of drug-likeness (QED) is 0.912. The fraction of sp³-hybridized carbons (Fsp3) is 0.750. The molecule has 1 aliphatic heterocycles. The highest BCUT2D eigenvalue weighted by Gasteiger charge is 2.31. The van der Waals surface area contributed by atoms with Crippen LogP contribution in [-0.2, 0) is 9.47 Å². The molecule has 2 rings (SSSR count). The molecule has 1 aromatic heterocycles. The highest BCUT2D eigenvalue weighted by Crippen LogP contribution is 2.17. The van der Waals surface area contributed by atoms with Crippen molar-refractivity contribution < 1.29 is 14.3 Å². The molecule has 1 saturated heterocycles. The van der Waals surface area contributed by atoms with E-state index in [0.717, 1.165) is 10.7 Å². The van der Waals surface area contributed by atoms with E-state index >= 15 is 0 Å². The third-order valence-corrected chi connectivity index (χ3v) is 4.39. The summed E-state index contributed by atoms with van der Waals surface area (Å²) in [5.74, 6) is 0. The molecular weight excluding hydrogens is 314 g/mol. The molecule has 1 aliphatic rings. The predicted octanol–water partition coefficient (Wildman–Crippen LogP) is 2.74. The van der Waals surface area contributed by atoms with Crippen LogP contribution in [-0.4, -0.2) is 53.9 Å². The van der Waals surface area contributed by atoms with Gasteiger partial charge in [-0.05, 0) is 34.6 Å². The molecule has 0 aromatic carbocycles. The first-order valence-corrected chi connectivity index (χ1v) is 8.87. The van der Waals surface area contributed by atoms with Crippen molar-refractivity contribution in [3.05, 3.63) is 16.1 Å². The minimum absolute atomic E-state index is 0.0271. The van der Waals surface area contributed by atoms with Crippen molar-refractivity contribution in [3.8, 4) is 0 Å². The summed E-state index contributed by atoms with van der Waals surface area (Å²) >= 11 is 1.65. The Kier molecular flexibility index (Phi) is 6.00. The Balaban J connectivity index is 1.92. The number of aromatic nitrogens is 1. The van der Waals surface area contributed by atoms with Gasteiger partial charge in [-0.15, -0.1) is 11.3 Å². The Hall–Kier alpha value is -1.18. The van der Waals surface area contributed by atoms with Gasteiger partial charge in [-0.25, -0.2) is 9.78 Å². The largest absolute Gasteiger partial charge is 0.444 e. The van der Waals surface area contributed by atoms with E-state index in [1.54, 1.807) is 16.2 Å². The number of rotatable bonds is 4. The number of amides is 1. The first kappa shape index (κ1) is 18.2. The van der Waals surface area contributed by atoms with Crippen LogP contribution >= 0.6 is 11.3 Å². The Labute approximate surface area is 142 Å². The molecule has 1 aromatic rings. The predicted molar refractivity (Wildman–Crippen MR) is 90.8 cm³/mol. The summed E-state index contributed by atoms with van der Waals surface area (Å²) in [6.07, 6.45) is -0.273. The molecule has 1 fully saturated rings. The molecule has 0 radical (unpaired) electrons. The van der Waals surface area contributed by atoms with E-state index in [9.17, 15) is 4.79 Å². The third-order valence-electron chi connectivity index (χ3n) is 3.60. The standard InChI is InChI=1S/C16H27N3O3S/c1-11(14-10-23-12(2)18-14)17-8-13-9-21-7-6-19(13)15(20)22-16(3,4)5/h10-11,13,17H,6-9H2,1-5H3. The van der Waals surface area contributed by atoms with Crippen LogP contribution in [0.3, 0.4) is 0 Å². The van der Waals surface area contributed by atoms with Gasteiger partial charge in [-0.3, -0.25) is 4.90 Å². The van der Waals surface area contributed by atoms with Crippen LogP contribution < -0.4 is 5.32 Å². The van der Waals surface area contributed by atoms with Crippen LogP contribution in [0.15, 0.2) is 5.38 Å². The summed E-state index contributed by atoms with van der Waals surface area (Å²) in [7, 11) is 0. The van der Waals surface area contributed by atoms with Gasteiger partial charge in [0.05, 0.1) is 30.0 Å². The minimum atomic E-state index is -0.487. The van der Waals surface area contributed by atoms with Gasteiger partial charge in [0.25, 0.3) is 0 Å². The number of thiazole rings is 1. The maximum atomic E-state index is 12.4. The summed E-state index contributed by atoms with van der Waals surface area (Å²) in [4.78, 5) is 18.6. The van der Waals surface area contributed by atoms with Gasteiger partial charge in [-0.1, -0.05) is 0 Å². The Morgan fingerprint density at radius 2 is 2.35 bits per heavy atom. The van der Waals surface area contributed by atoms with Crippen molar-refractivity contribution in [3.63, 3.8) is 0 Å². The van der Waals surface area contributed by atoms with Gasteiger partial charge in [-0.2, -0.15) is 0 Å². The summed E-state index contributed by atoms with van der Waals surface area (Å²) in [6, 6.07) is 0.114. The zero-order valence-electron chi connectivity index (χ0n) is 14.6. The molecule has 2 unspecified atom stereocenters. The van der Waals surface area contributed by atoms with Crippen molar-refractivity contribution in [1.82, 2.24) is 15.2 Å². The maximum absolute atomic E-state index is 12.4. The highest BCUT2D eigenvalue weighted by molar-refractivity contribution is 7.09. The molecule has 2 atom stereocenters. The van der Waals surface area contributed by atoms with Crippen molar-refractivity contribution in [2.24, 2.45) is 0 Å². The average Bonchev–Trinajstić information content (AvgIpc) is 2.90. The molecule has 0 spiro atoms. The molecule has 23 heavy (non-hydrogen) atoms. The fourth-order valence-electron chi connectivity index (χ4n) is 2.38. The first-order chi connectivity index (χ1) is 10.8. The molecule has 6 nitrogen and oxygen atoms in total. The summed E-state index contributed by atoms with van der Waals surface area (Å²) in [6.45, 7) is 12.0. The Bertz CT molecular complexity index is 527. The molecule has 0 saturated carbocycles. The lowest BCUT2D eigenvalue weighted by Crippen LogP contribution is -2.54. The SMILES string of the molecule is Cc1nc(C(C)NCC2COCCN2C(=O)OC(C)(C)C)cs1. The number of nitrogens with one attached hydrogen (secondary N) is 1. The number of hydrogen-bond acceptors (Lipinski definition) is 6. The molecular formula is C16H27N3O3S. The van der Waals surface area contributed by atoms with E-state index < -0.39 is 5.60 Å². The van der Waals surface area contributed by atoms with Crippen LogP contribution in [0, 0.1) is 6.92 Å². The van der Waals surface area contributed by atoms with Gasteiger partial charge in [0.1, 0.15) is 5.60 Å². The molecule has 0 bridgehead atoms. The van der Waals surface area contributed by atoms with Crippen LogP contribution in [0.1, 0.15) is 44.4 Å². The monoisotopic (exact) mass is 341 g/mol. The topological polar surface area (TPSA) is 63.7 Å². The molecule has 130 valence electrons. The smallest absolute Gasteiger partial charge is 0.410 e. The lowest BCUT2D eigenvalue weighted by Gasteiger charge is -2.37.